The number of imidazole rings is 2. The van der Waals surface area contributed by atoms with Crippen molar-refractivity contribution in [1.82, 2.24) is 29.1 Å². The Balaban J connectivity index is 0.000000162. The zero-order valence-electron chi connectivity index (χ0n) is 15.4. The summed E-state index contributed by atoms with van der Waals surface area (Å²) < 4.78 is 26.5. The molecule has 0 saturated carbocycles. The number of sulfone groups is 1. The van der Waals surface area contributed by atoms with Gasteiger partial charge in [-0.1, -0.05) is 23.2 Å². The molecule has 0 saturated heterocycles. The van der Waals surface area contributed by atoms with E-state index < -0.39 is 9.84 Å². The summed E-state index contributed by atoms with van der Waals surface area (Å²) in [6.45, 7) is 0. The maximum Gasteiger partial charge on any atom is 0.195 e. The topological polar surface area (TPSA) is 95.6 Å². The second-order valence-corrected chi connectivity index (χ2v) is 9.42. The average Bonchev–Trinajstić information content (AvgIpc) is 3.16. The van der Waals surface area contributed by atoms with Crippen LogP contribution in [0.2, 0.25) is 10.3 Å². The molecule has 28 heavy (non-hydrogen) atoms. The van der Waals surface area contributed by atoms with Gasteiger partial charge in [-0.2, -0.15) is 0 Å². The molecule has 0 N–H and O–H groups in total. The van der Waals surface area contributed by atoms with Crippen molar-refractivity contribution in [2.75, 3.05) is 12.5 Å². The highest BCUT2D eigenvalue weighted by molar-refractivity contribution is 7.98. The van der Waals surface area contributed by atoms with Crippen LogP contribution in [0.15, 0.2) is 34.8 Å². The molecule has 0 fully saturated rings. The molecule has 4 rings (SSSR count). The Morgan fingerprint density at radius 2 is 1.43 bits per heavy atom. The van der Waals surface area contributed by atoms with Crippen LogP contribution >= 0.6 is 35.0 Å². The molecule has 0 aromatic carbocycles. The first-order valence-corrected chi connectivity index (χ1v) is 11.7. The van der Waals surface area contributed by atoms with Crippen LogP contribution in [0.1, 0.15) is 0 Å². The number of hydrogen-bond acceptors (Lipinski definition) is 7. The van der Waals surface area contributed by atoms with Crippen LogP contribution in [-0.2, 0) is 23.9 Å². The number of hydrogen-bond donors (Lipinski definition) is 0. The Labute approximate surface area is 175 Å². The summed E-state index contributed by atoms with van der Waals surface area (Å²) in [7, 11) is 0.256. The third kappa shape index (κ3) is 4.09. The predicted octanol–water partition coefficient (Wildman–Crippen LogP) is 3.37. The van der Waals surface area contributed by atoms with E-state index in [2.05, 4.69) is 19.9 Å². The number of nitrogens with zero attached hydrogens (tertiary/aromatic N) is 6. The van der Waals surface area contributed by atoms with Gasteiger partial charge in [-0.25, -0.2) is 28.4 Å². The molecule has 0 spiro atoms. The first-order valence-electron chi connectivity index (χ1n) is 7.81. The number of aryl methyl sites for hydroxylation is 2. The molecule has 0 radical (unpaired) electrons. The van der Waals surface area contributed by atoms with Crippen molar-refractivity contribution < 1.29 is 8.42 Å². The van der Waals surface area contributed by atoms with E-state index >= 15 is 0 Å². The predicted molar refractivity (Wildman–Crippen MR) is 112 cm³/mol. The molecule has 4 aromatic rings. The molecule has 12 heteroatoms. The van der Waals surface area contributed by atoms with Crippen LogP contribution in [0, 0.1) is 0 Å². The summed E-state index contributed by atoms with van der Waals surface area (Å²) in [4.78, 5) is 16.3. The van der Waals surface area contributed by atoms with Gasteiger partial charge in [0.1, 0.15) is 26.4 Å². The molecular weight excluding hydrogens is 443 g/mol. The first-order chi connectivity index (χ1) is 13.1. The monoisotopic (exact) mass is 458 g/mol. The summed E-state index contributed by atoms with van der Waals surface area (Å²) in [5.41, 5.74) is 2.93. The van der Waals surface area contributed by atoms with Crippen LogP contribution in [0.5, 0.6) is 0 Å². The lowest BCUT2D eigenvalue weighted by molar-refractivity contribution is 0.599. The number of halogens is 2. The number of thioether (sulfide) groups is 1. The number of pyridine rings is 2. The lowest BCUT2D eigenvalue weighted by atomic mass is 10.4. The van der Waals surface area contributed by atoms with Crippen molar-refractivity contribution in [2.24, 2.45) is 14.1 Å². The third-order valence-electron chi connectivity index (χ3n) is 3.81. The summed E-state index contributed by atoms with van der Waals surface area (Å²) in [6.07, 6.45) is 6.36. The number of aromatic nitrogens is 6. The molecule has 0 amide bonds. The minimum atomic E-state index is -3.40. The quantitative estimate of drug-likeness (QED) is 0.335. The summed E-state index contributed by atoms with van der Waals surface area (Å²) in [6, 6.07) is 3.31. The van der Waals surface area contributed by atoms with E-state index in [1.807, 2.05) is 17.9 Å². The minimum absolute atomic E-state index is 0.0370. The summed E-state index contributed by atoms with van der Waals surface area (Å²) in [5.74, 6) is 0. The van der Waals surface area contributed by atoms with Crippen LogP contribution in [-0.4, -0.2) is 50.0 Å². The second-order valence-electron chi connectivity index (χ2n) is 5.92. The van der Waals surface area contributed by atoms with Gasteiger partial charge >= 0.3 is 0 Å². The Morgan fingerprint density at radius 1 is 0.929 bits per heavy atom. The van der Waals surface area contributed by atoms with E-state index in [1.54, 1.807) is 35.8 Å². The lowest BCUT2D eigenvalue weighted by Gasteiger charge is -2.02. The van der Waals surface area contributed by atoms with Crippen molar-refractivity contribution in [1.29, 1.82) is 0 Å². The van der Waals surface area contributed by atoms with Gasteiger partial charge in [0.25, 0.3) is 0 Å². The standard InChI is InChI=1S/C8H8ClN3O2S.C8H8ClN3S/c1-12-4-10-5-3-6(9)11-8(7(5)12)15(2,13)14;1-12-4-10-5-3-6(9)11-8(13-2)7(5)12/h3-4H,1-2H3;3-4H,1-2H3. The Hall–Kier alpha value is -1.88. The maximum atomic E-state index is 11.5. The summed E-state index contributed by atoms with van der Waals surface area (Å²) >= 11 is 13.1. The molecule has 8 nitrogen and oxygen atoms in total. The fourth-order valence-corrected chi connectivity index (χ4v) is 4.59. The maximum absolute atomic E-state index is 11.5. The van der Waals surface area contributed by atoms with E-state index in [1.165, 1.54) is 12.4 Å². The van der Waals surface area contributed by atoms with Gasteiger partial charge in [0.2, 0.25) is 0 Å². The van der Waals surface area contributed by atoms with Gasteiger partial charge in [0.05, 0.1) is 23.7 Å². The van der Waals surface area contributed by atoms with Crippen molar-refractivity contribution in [3.63, 3.8) is 0 Å². The van der Waals surface area contributed by atoms with Gasteiger partial charge < -0.3 is 9.13 Å². The molecule has 0 unspecified atom stereocenters. The van der Waals surface area contributed by atoms with E-state index in [0.717, 1.165) is 22.3 Å². The average molecular weight is 459 g/mol. The van der Waals surface area contributed by atoms with Crippen LogP contribution in [0.3, 0.4) is 0 Å². The van der Waals surface area contributed by atoms with Crippen molar-refractivity contribution >= 4 is 66.9 Å². The largest absolute Gasteiger partial charge is 0.332 e. The van der Waals surface area contributed by atoms with E-state index in [9.17, 15) is 8.42 Å². The van der Waals surface area contributed by atoms with Gasteiger partial charge in [-0.15, -0.1) is 11.8 Å². The smallest absolute Gasteiger partial charge is 0.195 e. The molecular formula is C16H16Cl2N6O2S2. The van der Waals surface area contributed by atoms with Gasteiger partial charge in [0.15, 0.2) is 14.9 Å². The highest BCUT2D eigenvalue weighted by Crippen LogP contribution is 2.25. The number of rotatable bonds is 2. The molecule has 0 bridgehead atoms. The minimum Gasteiger partial charge on any atom is -0.332 e. The molecule has 148 valence electrons. The van der Waals surface area contributed by atoms with Crippen molar-refractivity contribution in [3.8, 4) is 0 Å². The Kier molecular flexibility index (Phi) is 5.85. The van der Waals surface area contributed by atoms with Crippen LogP contribution in [0.25, 0.3) is 22.1 Å². The summed E-state index contributed by atoms with van der Waals surface area (Å²) in [5, 5.41) is 1.50. The van der Waals surface area contributed by atoms with Crippen molar-refractivity contribution in [3.05, 3.63) is 35.1 Å². The first kappa shape index (κ1) is 20.8. The van der Waals surface area contributed by atoms with E-state index in [0.29, 0.717) is 16.2 Å². The zero-order valence-corrected chi connectivity index (χ0v) is 18.5. The van der Waals surface area contributed by atoms with Crippen LogP contribution < -0.4 is 0 Å². The lowest BCUT2D eigenvalue weighted by Crippen LogP contribution is -2.04. The molecule has 0 aliphatic carbocycles. The molecule has 0 aliphatic heterocycles. The molecule has 4 aromatic heterocycles. The van der Waals surface area contributed by atoms with E-state index in [-0.39, 0.29) is 10.2 Å². The third-order valence-corrected chi connectivity index (χ3v) is 5.85. The SMILES string of the molecule is CSc1nc(Cl)cc2ncn(C)c12.Cn1cnc2cc(Cl)nc(S(C)(=O)=O)c21. The zero-order chi connectivity index (χ0) is 20.6. The van der Waals surface area contributed by atoms with Gasteiger partial charge in [0, 0.05) is 32.5 Å². The van der Waals surface area contributed by atoms with Gasteiger partial charge in [-0.05, 0) is 6.26 Å². The fraction of sp³-hybridized carbons (Fsp3) is 0.250. The highest BCUT2D eigenvalue weighted by Gasteiger charge is 2.18. The van der Waals surface area contributed by atoms with Gasteiger partial charge in [-0.3, -0.25) is 0 Å². The second kappa shape index (κ2) is 7.86. The fourth-order valence-electron chi connectivity index (χ4n) is 2.62. The normalized spacial score (nSPS) is 11.6. The Morgan fingerprint density at radius 3 is 1.96 bits per heavy atom. The van der Waals surface area contributed by atoms with E-state index in [4.69, 9.17) is 23.2 Å². The van der Waals surface area contributed by atoms with Crippen LogP contribution in [0.4, 0.5) is 0 Å². The van der Waals surface area contributed by atoms with Crippen molar-refractivity contribution in [2.45, 2.75) is 10.1 Å². The highest BCUT2D eigenvalue weighted by atomic mass is 35.5. The molecule has 0 aliphatic rings. The molecule has 4 heterocycles. The number of fused-ring (bicyclic) bond motifs is 2. The molecule has 0 atom stereocenters. The Bertz CT molecular complexity index is 1280.